The maximum absolute atomic E-state index is 10.5. The zero-order chi connectivity index (χ0) is 9.40. The van der Waals surface area contributed by atoms with E-state index < -0.39 is 12.1 Å². The van der Waals surface area contributed by atoms with Gasteiger partial charge in [0.15, 0.2) is 6.10 Å². The summed E-state index contributed by atoms with van der Waals surface area (Å²) in [5.41, 5.74) is 0. The second-order valence-corrected chi connectivity index (χ2v) is 3.53. The lowest BCUT2D eigenvalue weighted by Crippen LogP contribution is -2.25. The maximum atomic E-state index is 10.5. The van der Waals surface area contributed by atoms with E-state index in [-0.39, 0.29) is 0 Å². The maximum Gasteiger partial charge on any atom is 0.332 e. The normalized spacial score (nSPS) is 12.8. The molecule has 1 N–H and O–H groups in total. The molecule has 0 saturated heterocycles. The van der Waals surface area contributed by atoms with Crippen molar-refractivity contribution in [3.05, 3.63) is 0 Å². The Bertz CT molecular complexity index is 124. The summed E-state index contributed by atoms with van der Waals surface area (Å²) < 4.78 is 5.01. The Morgan fingerprint density at radius 1 is 1.75 bits per heavy atom. The molecule has 0 heterocycles. The standard InChI is InChI=1S/C7H13ClO3S/c1-12-5-2-6(7(9)10)11-4-3-8/h6H,2-5H2,1H3,(H,9,10). The molecule has 0 radical (unpaired) electrons. The molecule has 0 bridgehead atoms. The predicted octanol–water partition coefficient (Wildman–Crippen LogP) is 1.45. The van der Waals surface area contributed by atoms with Gasteiger partial charge in [0, 0.05) is 5.88 Å². The second kappa shape index (κ2) is 7.71. The number of thioether (sulfide) groups is 1. The van der Waals surface area contributed by atoms with E-state index in [1.54, 1.807) is 11.8 Å². The van der Waals surface area contributed by atoms with Crippen LogP contribution in [0.25, 0.3) is 0 Å². The van der Waals surface area contributed by atoms with Crippen molar-refractivity contribution >= 4 is 29.3 Å². The molecule has 1 unspecified atom stereocenters. The number of aliphatic carboxylic acids is 1. The molecule has 0 aliphatic carbocycles. The fourth-order valence-electron chi connectivity index (χ4n) is 0.690. The molecule has 72 valence electrons. The Morgan fingerprint density at radius 3 is 2.83 bits per heavy atom. The lowest BCUT2D eigenvalue weighted by Gasteiger charge is -2.11. The van der Waals surface area contributed by atoms with Gasteiger partial charge in [0.2, 0.25) is 0 Å². The smallest absolute Gasteiger partial charge is 0.332 e. The predicted molar refractivity (Wildman–Crippen MR) is 51.1 cm³/mol. The molecule has 0 rings (SSSR count). The number of carbonyl (C=O) groups is 1. The van der Waals surface area contributed by atoms with Crippen LogP contribution in [0.1, 0.15) is 6.42 Å². The van der Waals surface area contributed by atoms with Gasteiger partial charge in [-0.1, -0.05) is 0 Å². The number of halogens is 1. The second-order valence-electron chi connectivity index (χ2n) is 2.17. The summed E-state index contributed by atoms with van der Waals surface area (Å²) in [6.45, 7) is 0.299. The fraction of sp³-hybridized carbons (Fsp3) is 0.857. The number of alkyl halides is 1. The van der Waals surface area contributed by atoms with Crippen molar-refractivity contribution in [2.75, 3.05) is 24.5 Å². The highest BCUT2D eigenvalue weighted by Crippen LogP contribution is 2.04. The average molecular weight is 213 g/mol. The van der Waals surface area contributed by atoms with Gasteiger partial charge >= 0.3 is 5.97 Å². The molecule has 0 aliphatic rings. The Hall–Kier alpha value is 0.0700. The molecule has 0 aliphatic heterocycles. The van der Waals surface area contributed by atoms with Crippen molar-refractivity contribution in [1.29, 1.82) is 0 Å². The highest BCUT2D eigenvalue weighted by Gasteiger charge is 2.16. The van der Waals surface area contributed by atoms with Crippen molar-refractivity contribution in [1.82, 2.24) is 0 Å². The molecule has 1 atom stereocenters. The largest absolute Gasteiger partial charge is 0.479 e. The molecule has 0 aromatic rings. The van der Waals surface area contributed by atoms with Crippen LogP contribution in [-0.4, -0.2) is 41.7 Å². The molecular formula is C7H13ClO3S. The van der Waals surface area contributed by atoms with Crippen LogP contribution >= 0.6 is 23.4 Å². The molecule has 0 spiro atoms. The first-order chi connectivity index (χ1) is 5.72. The first-order valence-electron chi connectivity index (χ1n) is 3.61. The highest BCUT2D eigenvalue weighted by molar-refractivity contribution is 7.98. The van der Waals surface area contributed by atoms with E-state index in [1.165, 1.54) is 0 Å². The lowest BCUT2D eigenvalue weighted by atomic mass is 10.3. The number of carboxylic acids is 1. The summed E-state index contributed by atoms with van der Waals surface area (Å²) in [6.07, 6.45) is 1.77. The van der Waals surface area contributed by atoms with Gasteiger partial charge in [-0.2, -0.15) is 11.8 Å². The van der Waals surface area contributed by atoms with Gasteiger partial charge in [0.1, 0.15) is 0 Å². The highest BCUT2D eigenvalue weighted by atomic mass is 35.5. The van der Waals surface area contributed by atoms with Gasteiger partial charge in [-0.15, -0.1) is 11.6 Å². The fourth-order valence-corrected chi connectivity index (χ4v) is 1.23. The van der Waals surface area contributed by atoms with Gasteiger partial charge in [0.05, 0.1) is 6.61 Å². The van der Waals surface area contributed by atoms with E-state index in [9.17, 15) is 4.79 Å². The van der Waals surface area contributed by atoms with Crippen LogP contribution in [0.5, 0.6) is 0 Å². The molecule has 12 heavy (non-hydrogen) atoms. The SMILES string of the molecule is CSCCC(OCCCl)C(=O)O. The molecule has 5 heteroatoms. The van der Waals surface area contributed by atoms with Crippen molar-refractivity contribution in [3.8, 4) is 0 Å². The minimum atomic E-state index is -0.908. The molecule has 0 aromatic heterocycles. The van der Waals surface area contributed by atoms with Crippen LogP contribution in [0.4, 0.5) is 0 Å². The summed E-state index contributed by atoms with van der Waals surface area (Å²) in [7, 11) is 0. The third kappa shape index (κ3) is 5.69. The number of rotatable bonds is 7. The summed E-state index contributed by atoms with van der Waals surface area (Å²) in [6, 6.07) is 0. The van der Waals surface area contributed by atoms with E-state index in [0.717, 1.165) is 5.75 Å². The van der Waals surface area contributed by atoms with Crippen LogP contribution in [0, 0.1) is 0 Å². The van der Waals surface area contributed by atoms with Crippen molar-refractivity contribution in [2.45, 2.75) is 12.5 Å². The monoisotopic (exact) mass is 212 g/mol. The van der Waals surface area contributed by atoms with Crippen LogP contribution in [0.3, 0.4) is 0 Å². The van der Waals surface area contributed by atoms with E-state index in [4.69, 9.17) is 21.4 Å². The summed E-state index contributed by atoms with van der Waals surface area (Å²) in [4.78, 5) is 10.5. The van der Waals surface area contributed by atoms with Crippen LogP contribution in [0.2, 0.25) is 0 Å². The van der Waals surface area contributed by atoms with E-state index in [0.29, 0.717) is 18.9 Å². The minimum absolute atomic E-state index is 0.299. The van der Waals surface area contributed by atoms with Gasteiger partial charge < -0.3 is 9.84 Å². The quantitative estimate of drug-likeness (QED) is 0.649. The number of ether oxygens (including phenoxy) is 1. The zero-order valence-electron chi connectivity index (χ0n) is 6.96. The average Bonchev–Trinajstić information content (AvgIpc) is 2.04. The van der Waals surface area contributed by atoms with Crippen molar-refractivity contribution in [3.63, 3.8) is 0 Å². The molecular weight excluding hydrogens is 200 g/mol. The van der Waals surface area contributed by atoms with Gasteiger partial charge in [-0.25, -0.2) is 4.79 Å². The van der Waals surface area contributed by atoms with Gasteiger partial charge in [0.25, 0.3) is 0 Å². The van der Waals surface area contributed by atoms with Gasteiger partial charge in [-0.3, -0.25) is 0 Å². The Labute approximate surface area is 81.4 Å². The van der Waals surface area contributed by atoms with Crippen molar-refractivity contribution in [2.24, 2.45) is 0 Å². The minimum Gasteiger partial charge on any atom is -0.479 e. The number of carboxylic acid groups (broad SMARTS) is 1. The van der Waals surface area contributed by atoms with E-state index in [1.807, 2.05) is 6.26 Å². The van der Waals surface area contributed by atoms with Crippen molar-refractivity contribution < 1.29 is 14.6 Å². The Balaban J connectivity index is 3.62. The third-order valence-corrected chi connectivity index (χ3v) is 2.05. The van der Waals surface area contributed by atoms with Crippen LogP contribution in [0.15, 0.2) is 0 Å². The molecule has 0 saturated carbocycles. The number of hydrogen-bond donors (Lipinski definition) is 1. The summed E-state index contributed by atoms with van der Waals surface area (Å²) in [5.74, 6) is 0.219. The van der Waals surface area contributed by atoms with E-state index in [2.05, 4.69) is 0 Å². The molecule has 0 amide bonds. The third-order valence-electron chi connectivity index (χ3n) is 1.26. The topological polar surface area (TPSA) is 46.5 Å². The Kier molecular flexibility index (Phi) is 7.75. The first-order valence-corrected chi connectivity index (χ1v) is 5.54. The Morgan fingerprint density at radius 2 is 2.42 bits per heavy atom. The zero-order valence-corrected chi connectivity index (χ0v) is 8.53. The molecule has 0 fully saturated rings. The van der Waals surface area contributed by atoms with Crippen LogP contribution in [-0.2, 0) is 9.53 Å². The first kappa shape index (κ1) is 12.1. The lowest BCUT2D eigenvalue weighted by molar-refractivity contribution is -0.150. The van der Waals surface area contributed by atoms with Crippen LogP contribution < -0.4 is 0 Å². The van der Waals surface area contributed by atoms with E-state index >= 15 is 0 Å². The molecule has 3 nitrogen and oxygen atoms in total. The summed E-state index contributed by atoms with van der Waals surface area (Å²) >= 11 is 6.97. The van der Waals surface area contributed by atoms with Gasteiger partial charge in [-0.05, 0) is 18.4 Å². The number of hydrogen-bond acceptors (Lipinski definition) is 3. The summed E-state index contributed by atoms with van der Waals surface area (Å²) in [5, 5.41) is 8.65. The molecule has 0 aromatic carbocycles.